The molecule has 1 saturated heterocycles. The number of rotatable bonds is 7. The van der Waals surface area contributed by atoms with Crippen molar-refractivity contribution in [2.75, 3.05) is 52.7 Å². The largest absolute Gasteiger partial charge is 0.416 e. The number of nitrogens with zero attached hydrogens (tertiary/aromatic N) is 2. The summed E-state index contributed by atoms with van der Waals surface area (Å²) in [5, 5.41) is 6.66. The number of alkyl halides is 3. The second-order valence-electron chi connectivity index (χ2n) is 7.55. The zero-order valence-electron chi connectivity index (χ0n) is 17.5. The Morgan fingerprint density at radius 3 is 2.31 bits per heavy atom. The predicted octanol–water partition coefficient (Wildman–Crippen LogP) is 3.39. The maximum absolute atomic E-state index is 12.9. The van der Waals surface area contributed by atoms with Gasteiger partial charge in [-0.3, -0.25) is 9.89 Å². The fourth-order valence-electron chi connectivity index (χ4n) is 3.02. The number of benzene rings is 1. The number of ether oxygens (including phenoxy) is 1. The lowest BCUT2D eigenvalue weighted by Gasteiger charge is -2.35. The van der Waals surface area contributed by atoms with E-state index in [9.17, 15) is 13.2 Å². The van der Waals surface area contributed by atoms with Crippen molar-refractivity contribution in [3.8, 4) is 0 Å². The van der Waals surface area contributed by atoms with Gasteiger partial charge in [0, 0.05) is 38.0 Å². The van der Waals surface area contributed by atoms with Crippen molar-refractivity contribution in [1.29, 1.82) is 0 Å². The Hall–Kier alpha value is -1.45. The van der Waals surface area contributed by atoms with E-state index in [1.807, 2.05) is 0 Å². The van der Waals surface area contributed by atoms with Crippen LogP contribution in [0.5, 0.6) is 0 Å². The first-order valence-electron chi connectivity index (χ1n) is 9.65. The Morgan fingerprint density at radius 1 is 1.17 bits per heavy atom. The molecule has 29 heavy (non-hydrogen) atoms. The molecular weight excluding hydrogens is 401 g/mol. The molecule has 9 heteroatoms. The molecule has 0 saturated carbocycles. The van der Waals surface area contributed by atoms with E-state index >= 15 is 0 Å². The summed E-state index contributed by atoms with van der Waals surface area (Å²) in [6.07, 6.45) is -2.27. The first-order valence-corrected chi connectivity index (χ1v) is 10.9. The fraction of sp³-hybridized carbons (Fsp3) is 0.650. The Balaban J connectivity index is 2.10. The number of morpholine rings is 1. The van der Waals surface area contributed by atoms with Crippen LogP contribution in [0, 0.1) is 0 Å². The van der Waals surface area contributed by atoms with Gasteiger partial charge in [0.1, 0.15) is 0 Å². The number of halogens is 3. The maximum atomic E-state index is 12.9. The average molecular weight is 433 g/mol. The number of thioether (sulfide) groups is 1. The summed E-state index contributed by atoms with van der Waals surface area (Å²) < 4.78 is 44.3. The highest BCUT2D eigenvalue weighted by Gasteiger charge is 2.31. The van der Waals surface area contributed by atoms with Gasteiger partial charge >= 0.3 is 6.18 Å². The zero-order valence-corrected chi connectivity index (χ0v) is 18.3. The highest BCUT2D eigenvalue weighted by molar-refractivity contribution is 7.99. The normalized spacial score (nSPS) is 17.8. The summed E-state index contributed by atoms with van der Waals surface area (Å²) in [6, 6.07) is 5.36. The second kappa shape index (κ2) is 10.5. The summed E-state index contributed by atoms with van der Waals surface area (Å²) in [6.45, 7) is 8.28. The quantitative estimate of drug-likeness (QED) is 0.511. The van der Waals surface area contributed by atoms with Crippen LogP contribution in [-0.2, 0) is 10.9 Å². The molecule has 1 aliphatic rings. The first-order chi connectivity index (χ1) is 13.7. The monoisotopic (exact) mass is 432 g/mol. The van der Waals surface area contributed by atoms with E-state index in [0.29, 0.717) is 25.7 Å². The molecule has 1 unspecified atom stereocenters. The van der Waals surface area contributed by atoms with Crippen LogP contribution in [0.25, 0.3) is 0 Å². The fourth-order valence-corrected chi connectivity index (χ4v) is 3.24. The molecule has 2 rings (SSSR count). The SMILES string of the molecule is CN=C(NCC(c1ccc(C(F)(F)F)cc1)N1CCOCC1)NCC(C)(C)SC. The van der Waals surface area contributed by atoms with Crippen LogP contribution in [0.1, 0.15) is 31.0 Å². The Bertz CT molecular complexity index is 659. The number of hydrogen-bond donors (Lipinski definition) is 2. The minimum Gasteiger partial charge on any atom is -0.379 e. The van der Waals surface area contributed by atoms with Crippen LogP contribution in [0.4, 0.5) is 13.2 Å². The summed E-state index contributed by atoms with van der Waals surface area (Å²) >= 11 is 1.77. The van der Waals surface area contributed by atoms with Gasteiger partial charge in [0.2, 0.25) is 0 Å². The molecule has 1 heterocycles. The van der Waals surface area contributed by atoms with Crippen LogP contribution >= 0.6 is 11.8 Å². The van der Waals surface area contributed by atoms with E-state index in [0.717, 1.165) is 37.3 Å². The van der Waals surface area contributed by atoms with E-state index in [2.05, 4.69) is 40.6 Å². The molecular formula is C20H31F3N4OS. The van der Waals surface area contributed by atoms with Gasteiger partial charge in [0.25, 0.3) is 0 Å². The van der Waals surface area contributed by atoms with Crippen molar-refractivity contribution in [3.05, 3.63) is 35.4 Å². The van der Waals surface area contributed by atoms with Gasteiger partial charge in [-0.15, -0.1) is 0 Å². The van der Waals surface area contributed by atoms with Crippen molar-refractivity contribution in [1.82, 2.24) is 15.5 Å². The number of aliphatic imine (C=N–C) groups is 1. The molecule has 1 atom stereocenters. The first kappa shape index (κ1) is 23.8. The predicted molar refractivity (Wildman–Crippen MR) is 114 cm³/mol. The smallest absolute Gasteiger partial charge is 0.379 e. The molecule has 0 radical (unpaired) electrons. The highest BCUT2D eigenvalue weighted by atomic mass is 32.2. The molecule has 0 amide bonds. The molecule has 0 aliphatic carbocycles. The molecule has 1 aromatic rings. The van der Waals surface area contributed by atoms with Crippen LogP contribution in [0.2, 0.25) is 0 Å². The van der Waals surface area contributed by atoms with E-state index in [1.165, 1.54) is 0 Å². The van der Waals surface area contributed by atoms with Gasteiger partial charge in [-0.2, -0.15) is 24.9 Å². The lowest BCUT2D eigenvalue weighted by molar-refractivity contribution is -0.137. The van der Waals surface area contributed by atoms with Crippen LogP contribution in [0.3, 0.4) is 0 Å². The van der Waals surface area contributed by atoms with Crippen LogP contribution in [-0.4, -0.2) is 68.3 Å². The van der Waals surface area contributed by atoms with Gasteiger partial charge in [-0.25, -0.2) is 0 Å². The lowest BCUT2D eigenvalue weighted by atomic mass is 10.0. The topological polar surface area (TPSA) is 48.9 Å². The van der Waals surface area contributed by atoms with Crippen LogP contribution in [0.15, 0.2) is 29.3 Å². The Kier molecular flexibility index (Phi) is 8.66. The highest BCUT2D eigenvalue weighted by Crippen LogP contribution is 2.31. The number of hydrogen-bond acceptors (Lipinski definition) is 4. The summed E-state index contributed by atoms with van der Waals surface area (Å²) in [5.41, 5.74) is 0.207. The molecule has 0 bridgehead atoms. The third-order valence-electron chi connectivity index (χ3n) is 5.03. The lowest BCUT2D eigenvalue weighted by Crippen LogP contribution is -2.48. The van der Waals surface area contributed by atoms with E-state index in [1.54, 1.807) is 30.9 Å². The van der Waals surface area contributed by atoms with E-state index in [-0.39, 0.29) is 10.8 Å². The zero-order chi connectivity index (χ0) is 21.5. The molecule has 2 N–H and O–H groups in total. The van der Waals surface area contributed by atoms with Gasteiger partial charge in [-0.05, 0) is 37.8 Å². The number of guanidine groups is 1. The minimum atomic E-state index is -4.33. The van der Waals surface area contributed by atoms with Crippen molar-refractivity contribution in [3.63, 3.8) is 0 Å². The second-order valence-corrected chi connectivity index (χ2v) is 9.07. The van der Waals surface area contributed by atoms with Crippen molar-refractivity contribution in [2.24, 2.45) is 4.99 Å². The molecule has 1 aliphatic heterocycles. The van der Waals surface area contributed by atoms with Crippen molar-refractivity contribution in [2.45, 2.75) is 30.8 Å². The molecule has 0 spiro atoms. The van der Waals surface area contributed by atoms with E-state index in [4.69, 9.17) is 4.74 Å². The summed E-state index contributed by atoms with van der Waals surface area (Å²) in [7, 11) is 1.71. The molecule has 1 aromatic carbocycles. The molecule has 0 aromatic heterocycles. The third kappa shape index (κ3) is 7.38. The molecule has 5 nitrogen and oxygen atoms in total. The number of nitrogens with one attached hydrogen (secondary N) is 2. The summed E-state index contributed by atoms with van der Waals surface area (Å²) in [4.78, 5) is 6.51. The van der Waals surface area contributed by atoms with Gasteiger partial charge in [-0.1, -0.05) is 12.1 Å². The van der Waals surface area contributed by atoms with E-state index < -0.39 is 11.7 Å². The average Bonchev–Trinajstić information content (AvgIpc) is 2.71. The van der Waals surface area contributed by atoms with Crippen LogP contribution < -0.4 is 10.6 Å². The standard InChI is InChI=1S/C20H31F3N4OS/c1-19(2,29-4)14-26-18(24-3)25-13-17(27-9-11-28-12-10-27)15-5-7-16(8-6-15)20(21,22)23/h5-8,17H,9-14H2,1-4H3,(H2,24,25,26). The summed E-state index contributed by atoms with van der Waals surface area (Å²) in [5.74, 6) is 0.678. The van der Waals surface area contributed by atoms with Crippen molar-refractivity contribution < 1.29 is 17.9 Å². The third-order valence-corrected chi connectivity index (χ3v) is 6.28. The van der Waals surface area contributed by atoms with Crippen molar-refractivity contribution >= 4 is 17.7 Å². The Labute approximate surface area is 175 Å². The van der Waals surface area contributed by atoms with Gasteiger partial charge < -0.3 is 15.4 Å². The van der Waals surface area contributed by atoms with Gasteiger partial charge in [0.05, 0.1) is 24.8 Å². The van der Waals surface area contributed by atoms with Gasteiger partial charge in [0.15, 0.2) is 5.96 Å². The molecule has 1 fully saturated rings. The molecule has 164 valence electrons. The maximum Gasteiger partial charge on any atom is 0.416 e. The Morgan fingerprint density at radius 2 is 1.79 bits per heavy atom. The minimum absolute atomic E-state index is 0.0641.